The number of imidazole rings is 1. The molecular weight excluding hydrogens is 230 g/mol. The van der Waals surface area contributed by atoms with Crippen molar-refractivity contribution >= 4 is 5.97 Å². The highest BCUT2D eigenvalue weighted by atomic mass is 16.5. The third-order valence-corrected chi connectivity index (χ3v) is 2.94. The molecule has 0 bridgehead atoms. The fraction of sp³-hybridized carbons (Fsp3) is 0.615. The topological polar surface area (TPSA) is 67.9 Å². The Kier molecular flexibility index (Phi) is 4.49. The molecule has 0 unspecified atom stereocenters. The van der Waals surface area contributed by atoms with E-state index in [1.165, 1.54) is 13.3 Å². The van der Waals surface area contributed by atoms with Crippen LogP contribution in [0.25, 0.3) is 0 Å². The summed E-state index contributed by atoms with van der Waals surface area (Å²) in [5.74, 6) is 0.403. The van der Waals surface area contributed by atoms with Crippen LogP contribution in [0.1, 0.15) is 43.0 Å². The molecule has 0 N–H and O–H groups in total. The third kappa shape index (κ3) is 3.33. The second-order valence-corrected chi connectivity index (χ2v) is 4.93. The van der Waals surface area contributed by atoms with Crippen LogP contribution in [0.15, 0.2) is 6.20 Å². The Morgan fingerprint density at radius 3 is 2.83 bits per heavy atom. The highest BCUT2D eigenvalue weighted by molar-refractivity contribution is 5.87. The van der Waals surface area contributed by atoms with Crippen molar-refractivity contribution in [3.8, 4) is 6.07 Å². The average molecular weight is 249 g/mol. The molecule has 18 heavy (non-hydrogen) atoms. The van der Waals surface area contributed by atoms with Crippen LogP contribution >= 0.6 is 0 Å². The SMILES string of the molecule is COC(=O)c1cnc(C)n1CCCC(C)(C)C#N. The Morgan fingerprint density at radius 1 is 1.61 bits per heavy atom. The standard InChI is InChI=1S/C13H19N3O2/c1-10-15-8-11(12(17)18-4)16(10)7-5-6-13(2,3)9-14/h8H,5-7H2,1-4H3. The van der Waals surface area contributed by atoms with Gasteiger partial charge in [0.2, 0.25) is 0 Å². The van der Waals surface area contributed by atoms with Crippen LogP contribution in [-0.2, 0) is 11.3 Å². The van der Waals surface area contributed by atoms with Gasteiger partial charge < -0.3 is 9.30 Å². The van der Waals surface area contributed by atoms with Crippen molar-refractivity contribution in [2.24, 2.45) is 5.41 Å². The molecule has 0 saturated heterocycles. The minimum Gasteiger partial charge on any atom is -0.464 e. The van der Waals surface area contributed by atoms with Crippen molar-refractivity contribution in [1.29, 1.82) is 5.26 Å². The van der Waals surface area contributed by atoms with Crippen LogP contribution in [0.5, 0.6) is 0 Å². The van der Waals surface area contributed by atoms with Crippen LogP contribution in [0.4, 0.5) is 0 Å². The van der Waals surface area contributed by atoms with Gasteiger partial charge in [0, 0.05) is 6.54 Å². The van der Waals surface area contributed by atoms with Gasteiger partial charge in [0.05, 0.1) is 24.8 Å². The molecular formula is C13H19N3O2. The van der Waals surface area contributed by atoms with Crippen LogP contribution < -0.4 is 0 Å². The van der Waals surface area contributed by atoms with E-state index in [1.807, 2.05) is 25.3 Å². The first kappa shape index (κ1) is 14.2. The maximum Gasteiger partial charge on any atom is 0.356 e. The van der Waals surface area contributed by atoms with E-state index in [1.54, 1.807) is 0 Å². The number of nitrogens with zero attached hydrogens (tertiary/aromatic N) is 3. The average Bonchev–Trinajstić information content (AvgIpc) is 2.70. The lowest BCUT2D eigenvalue weighted by molar-refractivity contribution is 0.0587. The van der Waals surface area contributed by atoms with E-state index in [0.717, 1.165) is 18.7 Å². The second-order valence-electron chi connectivity index (χ2n) is 4.93. The molecule has 0 aromatic carbocycles. The molecule has 0 saturated carbocycles. The Morgan fingerprint density at radius 2 is 2.28 bits per heavy atom. The van der Waals surface area contributed by atoms with Crippen molar-refractivity contribution in [1.82, 2.24) is 9.55 Å². The third-order valence-electron chi connectivity index (χ3n) is 2.94. The van der Waals surface area contributed by atoms with Crippen molar-refractivity contribution < 1.29 is 9.53 Å². The van der Waals surface area contributed by atoms with Crippen molar-refractivity contribution in [2.75, 3.05) is 7.11 Å². The molecule has 0 spiro atoms. The molecule has 1 aromatic rings. The zero-order valence-corrected chi connectivity index (χ0v) is 11.4. The summed E-state index contributed by atoms with van der Waals surface area (Å²) in [5.41, 5.74) is 0.129. The lowest BCUT2D eigenvalue weighted by Crippen LogP contribution is -2.14. The molecule has 1 aromatic heterocycles. The number of esters is 1. The summed E-state index contributed by atoms with van der Waals surface area (Å²) in [6, 6.07) is 2.27. The van der Waals surface area contributed by atoms with Crippen molar-refractivity contribution in [3.63, 3.8) is 0 Å². The molecule has 5 heteroatoms. The molecule has 5 nitrogen and oxygen atoms in total. The molecule has 0 radical (unpaired) electrons. The van der Waals surface area contributed by atoms with E-state index < -0.39 is 0 Å². The Labute approximate surface area is 107 Å². The summed E-state index contributed by atoms with van der Waals surface area (Å²) >= 11 is 0. The van der Waals surface area contributed by atoms with Gasteiger partial charge in [0.1, 0.15) is 11.5 Å². The summed E-state index contributed by atoms with van der Waals surface area (Å²) in [5, 5.41) is 8.94. The van der Waals surface area contributed by atoms with Gasteiger partial charge in [0.25, 0.3) is 0 Å². The molecule has 0 fully saturated rings. The van der Waals surface area contributed by atoms with Crippen LogP contribution in [0, 0.1) is 23.7 Å². The van der Waals surface area contributed by atoms with Gasteiger partial charge in [-0.2, -0.15) is 5.26 Å². The first-order valence-electron chi connectivity index (χ1n) is 5.93. The van der Waals surface area contributed by atoms with Gasteiger partial charge in [-0.1, -0.05) is 0 Å². The smallest absolute Gasteiger partial charge is 0.356 e. The van der Waals surface area contributed by atoms with Gasteiger partial charge in [-0.05, 0) is 33.6 Å². The highest BCUT2D eigenvalue weighted by Gasteiger charge is 2.18. The summed E-state index contributed by atoms with van der Waals surface area (Å²) in [6.45, 7) is 6.34. The van der Waals surface area contributed by atoms with Crippen molar-refractivity contribution in [3.05, 3.63) is 17.7 Å². The van der Waals surface area contributed by atoms with E-state index >= 15 is 0 Å². The van der Waals surface area contributed by atoms with E-state index in [9.17, 15) is 4.79 Å². The Balaban J connectivity index is 2.71. The summed E-state index contributed by atoms with van der Waals surface area (Å²) in [6.07, 6.45) is 3.13. The molecule has 0 atom stereocenters. The molecule has 0 aliphatic heterocycles. The number of carbonyl (C=O) groups is 1. The maximum atomic E-state index is 11.5. The number of aryl methyl sites for hydroxylation is 1. The van der Waals surface area contributed by atoms with Gasteiger partial charge in [0.15, 0.2) is 0 Å². The zero-order chi connectivity index (χ0) is 13.8. The second kappa shape index (κ2) is 5.67. The minimum absolute atomic E-state index is 0.333. The summed E-state index contributed by atoms with van der Waals surface area (Å²) in [4.78, 5) is 15.6. The van der Waals surface area contributed by atoms with Crippen LogP contribution in [0.3, 0.4) is 0 Å². The fourth-order valence-corrected chi connectivity index (χ4v) is 1.75. The highest BCUT2D eigenvalue weighted by Crippen LogP contribution is 2.21. The number of hydrogen-bond donors (Lipinski definition) is 0. The first-order valence-corrected chi connectivity index (χ1v) is 5.93. The van der Waals surface area contributed by atoms with E-state index in [2.05, 4.69) is 11.1 Å². The quantitative estimate of drug-likeness (QED) is 0.751. The first-order chi connectivity index (χ1) is 8.41. The van der Waals surface area contributed by atoms with Gasteiger partial charge >= 0.3 is 5.97 Å². The molecule has 0 aliphatic carbocycles. The molecule has 98 valence electrons. The zero-order valence-electron chi connectivity index (χ0n) is 11.4. The molecule has 0 aliphatic rings. The number of carbonyl (C=O) groups excluding carboxylic acids is 1. The van der Waals surface area contributed by atoms with Crippen LogP contribution in [0.2, 0.25) is 0 Å². The fourth-order valence-electron chi connectivity index (χ4n) is 1.75. The number of aromatic nitrogens is 2. The number of ether oxygens (including phenoxy) is 1. The van der Waals surface area contributed by atoms with Gasteiger partial charge in [-0.3, -0.25) is 0 Å². The number of rotatable bonds is 5. The minimum atomic E-state index is -0.379. The molecule has 1 rings (SSSR count). The van der Waals surface area contributed by atoms with E-state index in [-0.39, 0.29) is 11.4 Å². The lowest BCUT2D eigenvalue weighted by atomic mass is 9.90. The monoisotopic (exact) mass is 249 g/mol. The van der Waals surface area contributed by atoms with Crippen molar-refractivity contribution in [2.45, 2.75) is 40.2 Å². The van der Waals surface area contributed by atoms with E-state index in [0.29, 0.717) is 12.2 Å². The Bertz CT molecular complexity index is 469. The van der Waals surface area contributed by atoms with Gasteiger partial charge in [-0.15, -0.1) is 0 Å². The number of hydrogen-bond acceptors (Lipinski definition) is 4. The predicted octanol–water partition coefficient (Wildman–Crippen LogP) is 2.31. The van der Waals surface area contributed by atoms with E-state index in [4.69, 9.17) is 10.00 Å². The predicted molar refractivity (Wildman–Crippen MR) is 66.9 cm³/mol. The molecule has 1 heterocycles. The maximum absolute atomic E-state index is 11.5. The summed E-state index contributed by atoms with van der Waals surface area (Å²) in [7, 11) is 1.35. The van der Waals surface area contributed by atoms with Gasteiger partial charge in [-0.25, -0.2) is 9.78 Å². The lowest BCUT2D eigenvalue weighted by Gasteiger charge is -2.15. The Hall–Kier alpha value is -1.83. The normalized spacial score (nSPS) is 11.1. The van der Waals surface area contributed by atoms with Crippen LogP contribution in [-0.4, -0.2) is 22.6 Å². The summed E-state index contributed by atoms with van der Waals surface area (Å²) < 4.78 is 6.54. The molecule has 0 amide bonds. The number of nitriles is 1. The number of methoxy groups -OCH3 is 1. The largest absolute Gasteiger partial charge is 0.464 e.